The van der Waals surface area contributed by atoms with E-state index in [1.165, 1.54) is 29.2 Å². The van der Waals surface area contributed by atoms with E-state index in [1.807, 2.05) is 6.07 Å². The Morgan fingerprint density at radius 3 is 2.34 bits per heavy atom. The van der Waals surface area contributed by atoms with Crippen molar-refractivity contribution in [2.75, 3.05) is 0 Å². The van der Waals surface area contributed by atoms with E-state index < -0.39 is 16.1 Å². The van der Waals surface area contributed by atoms with Crippen molar-refractivity contribution < 1.29 is 22.4 Å². The van der Waals surface area contributed by atoms with Crippen molar-refractivity contribution in [3.8, 4) is 0 Å². The molecule has 0 aliphatic heterocycles. The smallest absolute Gasteiger partial charge is 0.242 e. The molecule has 200 valence electrons. The summed E-state index contributed by atoms with van der Waals surface area (Å²) >= 11 is 0. The number of sulfonamides is 1. The molecule has 8 nitrogen and oxygen atoms in total. The van der Waals surface area contributed by atoms with Crippen LogP contribution in [0.1, 0.15) is 43.0 Å². The van der Waals surface area contributed by atoms with E-state index >= 15 is 0 Å². The average Bonchev–Trinajstić information content (AvgIpc) is 3.74. The van der Waals surface area contributed by atoms with Crippen LogP contribution in [0, 0.1) is 5.82 Å². The summed E-state index contributed by atoms with van der Waals surface area (Å²) < 4.78 is 40.8. The molecule has 0 spiro atoms. The zero-order valence-electron chi connectivity index (χ0n) is 21.1. The Bertz CT molecular complexity index is 1350. The van der Waals surface area contributed by atoms with E-state index in [0.29, 0.717) is 17.7 Å². The Balaban J connectivity index is 1.41. The Morgan fingerprint density at radius 1 is 1.03 bits per heavy atom. The van der Waals surface area contributed by atoms with Gasteiger partial charge in [-0.25, -0.2) is 17.5 Å². The number of hydrogen-bond acceptors (Lipinski definition) is 5. The number of carbonyl (C=O) groups is 2. The number of carbonyl (C=O) groups excluding carboxylic acids is 2. The number of nitrogens with zero attached hydrogens (tertiary/aromatic N) is 2. The number of hydrogen-bond donors (Lipinski definition) is 2. The third-order valence-electron chi connectivity index (χ3n) is 6.36. The van der Waals surface area contributed by atoms with Crippen molar-refractivity contribution in [2.24, 2.45) is 0 Å². The zero-order valence-corrected chi connectivity index (χ0v) is 22.0. The second kappa shape index (κ2) is 12.3. The molecule has 1 aliphatic carbocycles. The van der Waals surface area contributed by atoms with Crippen molar-refractivity contribution in [3.05, 3.63) is 95.6 Å². The normalized spacial score (nSPS) is 14.1. The molecule has 2 N–H and O–H groups in total. The van der Waals surface area contributed by atoms with Gasteiger partial charge in [-0.2, -0.15) is 0 Å². The monoisotopic (exact) mass is 538 g/mol. The second-order valence-electron chi connectivity index (χ2n) is 9.40. The molecule has 2 aromatic carbocycles. The Morgan fingerprint density at radius 2 is 1.71 bits per heavy atom. The van der Waals surface area contributed by atoms with Crippen LogP contribution in [0.25, 0.3) is 0 Å². The van der Waals surface area contributed by atoms with E-state index in [9.17, 15) is 22.4 Å². The highest BCUT2D eigenvalue weighted by Gasteiger charge is 2.28. The molecule has 0 bridgehead atoms. The maximum atomic E-state index is 13.4. The van der Waals surface area contributed by atoms with Crippen LogP contribution >= 0.6 is 0 Å². The fraction of sp³-hybridized carbons (Fsp3) is 0.321. The number of aromatic nitrogens is 1. The van der Waals surface area contributed by atoms with E-state index in [4.69, 9.17) is 0 Å². The minimum atomic E-state index is -3.54. The first-order valence-electron chi connectivity index (χ1n) is 12.5. The summed E-state index contributed by atoms with van der Waals surface area (Å²) in [6.45, 7) is 2.02. The van der Waals surface area contributed by atoms with Crippen LogP contribution in [0.2, 0.25) is 0 Å². The molecule has 10 heteroatoms. The van der Waals surface area contributed by atoms with Gasteiger partial charge in [0.2, 0.25) is 21.8 Å². The lowest BCUT2D eigenvalue weighted by molar-refractivity contribution is -0.140. The molecule has 3 aromatic rings. The largest absolute Gasteiger partial charge is 0.349 e. The topological polar surface area (TPSA) is 108 Å². The molecule has 1 fully saturated rings. The molecule has 0 saturated heterocycles. The van der Waals surface area contributed by atoms with Gasteiger partial charge in [0.05, 0.1) is 17.1 Å². The van der Waals surface area contributed by atoms with Crippen molar-refractivity contribution in [3.63, 3.8) is 0 Å². The van der Waals surface area contributed by atoms with E-state index in [1.54, 1.807) is 49.5 Å². The van der Waals surface area contributed by atoms with Crippen LogP contribution in [-0.2, 0) is 39.1 Å². The average molecular weight is 539 g/mol. The van der Waals surface area contributed by atoms with E-state index in [-0.39, 0.29) is 48.1 Å². The number of amides is 2. The molecule has 1 heterocycles. The first kappa shape index (κ1) is 27.4. The number of benzene rings is 2. The van der Waals surface area contributed by atoms with E-state index in [0.717, 1.165) is 18.4 Å². The minimum absolute atomic E-state index is 0.0209. The molecule has 1 saturated carbocycles. The van der Waals surface area contributed by atoms with Crippen LogP contribution in [0.3, 0.4) is 0 Å². The lowest BCUT2D eigenvalue weighted by atomic mass is 10.1. The van der Waals surface area contributed by atoms with Crippen molar-refractivity contribution in [1.82, 2.24) is 19.9 Å². The molecule has 1 atom stereocenters. The summed E-state index contributed by atoms with van der Waals surface area (Å²) in [5, 5.41) is 2.82. The van der Waals surface area contributed by atoms with Crippen LogP contribution in [0.15, 0.2) is 77.8 Å². The summed E-state index contributed by atoms with van der Waals surface area (Å²) in [6, 6.07) is 16.9. The minimum Gasteiger partial charge on any atom is -0.349 e. The summed E-state index contributed by atoms with van der Waals surface area (Å²) in [5.41, 5.74) is 2.20. The number of nitrogens with one attached hydrogen (secondary N) is 2. The number of halogens is 1. The molecule has 2 amide bonds. The summed E-state index contributed by atoms with van der Waals surface area (Å²) in [4.78, 5) is 32.1. The van der Waals surface area contributed by atoms with Crippen LogP contribution in [0.4, 0.5) is 4.39 Å². The third kappa shape index (κ3) is 7.69. The predicted octanol–water partition coefficient (Wildman–Crippen LogP) is 3.33. The maximum absolute atomic E-state index is 13.4. The van der Waals surface area contributed by atoms with Crippen LogP contribution in [0.5, 0.6) is 0 Å². The highest BCUT2D eigenvalue weighted by molar-refractivity contribution is 7.89. The molecule has 4 rings (SSSR count). The quantitative estimate of drug-likeness (QED) is 0.368. The van der Waals surface area contributed by atoms with Gasteiger partial charge < -0.3 is 10.2 Å². The van der Waals surface area contributed by atoms with Crippen molar-refractivity contribution in [1.29, 1.82) is 0 Å². The number of rotatable bonds is 12. The Hall–Kier alpha value is -3.63. The fourth-order valence-corrected chi connectivity index (χ4v) is 5.22. The highest BCUT2D eigenvalue weighted by Crippen LogP contribution is 2.22. The maximum Gasteiger partial charge on any atom is 0.242 e. The molecule has 1 aliphatic rings. The first-order chi connectivity index (χ1) is 18.2. The summed E-state index contributed by atoms with van der Waals surface area (Å²) in [5.74, 6) is -0.962. The SMILES string of the molecule is CC(C(=O)NCc1ccccn1)N(Cc1ccc(F)cc1)C(=O)CCc1ccc(S(=O)(=O)NC2CC2)cc1. The summed E-state index contributed by atoms with van der Waals surface area (Å²) in [7, 11) is -3.54. The van der Waals surface area contributed by atoms with Gasteiger partial charge in [-0.05, 0) is 73.7 Å². The zero-order chi connectivity index (χ0) is 27.1. The Kier molecular flexibility index (Phi) is 8.85. The lowest BCUT2D eigenvalue weighted by Gasteiger charge is -2.29. The third-order valence-corrected chi connectivity index (χ3v) is 7.90. The fourth-order valence-electron chi connectivity index (χ4n) is 3.92. The molecule has 0 radical (unpaired) electrons. The van der Waals surface area contributed by atoms with Gasteiger partial charge >= 0.3 is 0 Å². The lowest BCUT2D eigenvalue weighted by Crippen LogP contribution is -2.47. The van der Waals surface area contributed by atoms with Gasteiger partial charge in [0.15, 0.2) is 0 Å². The molecule has 1 unspecified atom stereocenters. The molecule has 1 aromatic heterocycles. The van der Waals surface area contributed by atoms with Gasteiger partial charge in [-0.3, -0.25) is 14.6 Å². The van der Waals surface area contributed by atoms with Crippen LogP contribution in [-0.4, -0.2) is 42.2 Å². The molecule has 38 heavy (non-hydrogen) atoms. The number of pyridine rings is 1. The van der Waals surface area contributed by atoms with Gasteiger partial charge in [0.1, 0.15) is 11.9 Å². The molecular weight excluding hydrogens is 507 g/mol. The van der Waals surface area contributed by atoms with Gasteiger partial charge in [-0.1, -0.05) is 30.3 Å². The van der Waals surface area contributed by atoms with Gasteiger partial charge in [0, 0.05) is 25.2 Å². The highest BCUT2D eigenvalue weighted by atomic mass is 32.2. The Labute approximate surface area is 222 Å². The van der Waals surface area contributed by atoms with Gasteiger partial charge in [0.25, 0.3) is 0 Å². The second-order valence-corrected chi connectivity index (χ2v) is 11.1. The van der Waals surface area contributed by atoms with Crippen molar-refractivity contribution in [2.45, 2.75) is 62.7 Å². The van der Waals surface area contributed by atoms with E-state index in [2.05, 4.69) is 15.0 Å². The van der Waals surface area contributed by atoms with Crippen molar-refractivity contribution >= 4 is 21.8 Å². The standard InChI is InChI=1S/C28H31FN4O4S/c1-20(28(35)31-18-25-4-2-3-17-30-25)33(19-22-5-10-23(29)11-6-22)27(34)16-9-21-7-14-26(15-8-21)38(36,37)32-24-12-13-24/h2-8,10-11,14-15,17,20,24,32H,9,12-13,16,18-19H2,1H3,(H,31,35). The molecular formula is C28H31FN4O4S. The number of aryl methyl sites for hydroxylation is 1. The summed E-state index contributed by atoms with van der Waals surface area (Å²) in [6.07, 6.45) is 3.84. The first-order valence-corrected chi connectivity index (χ1v) is 14.0. The van der Waals surface area contributed by atoms with Crippen LogP contribution < -0.4 is 10.0 Å². The predicted molar refractivity (Wildman–Crippen MR) is 141 cm³/mol. The van der Waals surface area contributed by atoms with Gasteiger partial charge in [-0.15, -0.1) is 0 Å².